The topological polar surface area (TPSA) is 12.4 Å². The molecule has 0 N–H and O–H groups in total. The molecule has 0 bridgehead atoms. The van der Waals surface area contributed by atoms with E-state index < -0.39 is 11.7 Å². The van der Waals surface area contributed by atoms with Crippen molar-refractivity contribution in [1.82, 2.24) is 0 Å². The maximum Gasteiger partial charge on any atom is 0.416 e. The number of hydrogen-bond donors (Lipinski definition) is 0. The fraction of sp³-hybridized carbons (Fsp3) is 0.308. The van der Waals surface area contributed by atoms with Crippen LogP contribution in [0.25, 0.3) is 0 Å². The first-order valence-electron chi connectivity index (χ1n) is 5.39. The average molecular weight is 239 g/mol. The van der Waals surface area contributed by atoms with Gasteiger partial charge in [-0.25, -0.2) is 0 Å². The van der Waals surface area contributed by atoms with Crippen LogP contribution in [-0.4, -0.2) is 12.3 Å². The Labute approximate surface area is 97.7 Å². The summed E-state index contributed by atoms with van der Waals surface area (Å²) in [6.07, 6.45) is 0.903. The Kier molecular flexibility index (Phi) is 3.31. The van der Waals surface area contributed by atoms with Gasteiger partial charge in [0.05, 0.1) is 12.1 Å². The molecule has 0 aliphatic carbocycles. The zero-order valence-electron chi connectivity index (χ0n) is 9.17. The minimum Gasteiger partial charge on any atom is -0.289 e. The number of rotatable bonds is 2. The van der Waals surface area contributed by atoms with Gasteiger partial charge in [-0.3, -0.25) is 4.99 Å². The lowest BCUT2D eigenvalue weighted by molar-refractivity contribution is -0.137. The van der Waals surface area contributed by atoms with Crippen molar-refractivity contribution in [3.8, 4) is 0 Å². The van der Waals surface area contributed by atoms with E-state index in [9.17, 15) is 13.2 Å². The number of benzene rings is 1. The molecule has 0 radical (unpaired) electrons. The van der Waals surface area contributed by atoms with Gasteiger partial charge >= 0.3 is 6.18 Å². The molecule has 1 aromatic carbocycles. The first-order chi connectivity index (χ1) is 8.05. The number of nitrogens with zero attached hydrogens (tertiary/aromatic N) is 1. The van der Waals surface area contributed by atoms with Gasteiger partial charge in [-0.15, -0.1) is 0 Å². The molecule has 1 nitrogen and oxygen atoms in total. The first-order valence-corrected chi connectivity index (χ1v) is 5.39. The van der Waals surface area contributed by atoms with Gasteiger partial charge in [0.1, 0.15) is 0 Å². The fourth-order valence-electron chi connectivity index (χ4n) is 1.76. The Morgan fingerprint density at radius 1 is 1.18 bits per heavy atom. The van der Waals surface area contributed by atoms with Crippen LogP contribution < -0.4 is 0 Å². The second kappa shape index (κ2) is 4.73. The summed E-state index contributed by atoms with van der Waals surface area (Å²) in [6.45, 7) is 0.633. The van der Waals surface area contributed by atoms with Crippen molar-refractivity contribution in [1.29, 1.82) is 0 Å². The zero-order valence-corrected chi connectivity index (χ0v) is 9.17. The largest absolute Gasteiger partial charge is 0.416 e. The molecule has 0 amide bonds. The molecule has 0 saturated heterocycles. The van der Waals surface area contributed by atoms with E-state index in [1.165, 1.54) is 12.1 Å². The Bertz CT molecular complexity index is 458. The lowest BCUT2D eigenvalue weighted by Crippen LogP contribution is -2.09. The Hall–Kier alpha value is -1.58. The van der Waals surface area contributed by atoms with Crippen LogP contribution in [0.1, 0.15) is 17.5 Å². The number of allylic oxidation sites excluding steroid dienone is 1. The highest BCUT2D eigenvalue weighted by Gasteiger charge is 2.30. The molecule has 4 heteroatoms. The monoisotopic (exact) mass is 239 g/mol. The first kappa shape index (κ1) is 11.9. The predicted octanol–water partition coefficient (Wildman–Crippen LogP) is 3.65. The van der Waals surface area contributed by atoms with Crippen LogP contribution in [0.3, 0.4) is 0 Å². The standard InChI is InChI=1S/C13H12F3N/c14-13(15,16)11-5-3-4-10(8-11)9-12-6-1-2-7-17-12/h1-5,8H,6-7,9H2. The summed E-state index contributed by atoms with van der Waals surface area (Å²) in [6, 6.07) is 5.43. The van der Waals surface area contributed by atoms with Crippen molar-refractivity contribution in [3.63, 3.8) is 0 Å². The lowest BCUT2D eigenvalue weighted by Gasteiger charge is -2.10. The number of halogens is 3. The highest BCUT2D eigenvalue weighted by Crippen LogP contribution is 2.29. The van der Waals surface area contributed by atoms with Crippen molar-refractivity contribution in [2.24, 2.45) is 4.99 Å². The van der Waals surface area contributed by atoms with Crippen molar-refractivity contribution in [3.05, 3.63) is 47.5 Å². The van der Waals surface area contributed by atoms with Crippen molar-refractivity contribution in [2.45, 2.75) is 19.0 Å². The number of dihydropyridines is 1. The van der Waals surface area contributed by atoms with Gasteiger partial charge < -0.3 is 0 Å². The third-order valence-corrected chi connectivity index (χ3v) is 2.60. The van der Waals surface area contributed by atoms with E-state index in [2.05, 4.69) is 4.99 Å². The quantitative estimate of drug-likeness (QED) is 0.698. The average Bonchev–Trinajstić information content (AvgIpc) is 2.29. The molecule has 2 rings (SSSR count). The molecule has 1 heterocycles. The van der Waals surface area contributed by atoms with Crippen molar-refractivity contribution >= 4 is 5.71 Å². The summed E-state index contributed by atoms with van der Waals surface area (Å²) >= 11 is 0. The van der Waals surface area contributed by atoms with Crippen LogP contribution in [0.15, 0.2) is 41.4 Å². The van der Waals surface area contributed by atoms with Crippen LogP contribution in [-0.2, 0) is 12.6 Å². The summed E-state index contributed by atoms with van der Waals surface area (Å²) < 4.78 is 37.5. The van der Waals surface area contributed by atoms with Gasteiger partial charge in [0, 0.05) is 18.6 Å². The molecule has 1 aliphatic heterocycles. The second-order valence-electron chi connectivity index (χ2n) is 3.96. The van der Waals surface area contributed by atoms with E-state index in [1.807, 2.05) is 12.2 Å². The Morgan fingerprint density at radius 3 is 2.65 bits per heavy atom. The molecular weight excluding hydrogens is 227 g/mol. The third kappa shape index (κ3) is 3.19. The molecule has 0 unspecified atom stereocenters. The molecule has 90 valence electrons. The molecule has 0 spiro atoms. The zero-order chi connectivity index (χ0) is 12.3. The van der Waals surface area contributed by atoms with Gasteiger partial charge in [0.2, 0.25) is 0 Å². The maximum absolute atomic E-state index is 12.5. The number of alkyl halides is 3. The summed E-state index contributed by atoms with van der Waals surface area (Å²) in [7, 11) is 0. The normalized spacial score (nSPS) is 15.8. The summed E-state index contributed by atoms with van der Waals surface area (Å²) in [5, 5.41) is 0. The van der Waals surface area contributed by atoms with Crippen LogP contribution in [0.4, 0.5) is 13.2 Å². The maximum atomic E-state index is 12.5. The summed E-state index contributed by atoms with van der Waals surface area (Å²) in [5.41, 5.74) is 1.00. The van der Waals surface area contributed by atoms with E-state index in [4.69, 9.17) is 0 Å². The molecular formula is C13H12F3N. The van der Waals surface area contributed by atoms with E-state index in [-0.39, 0.29) is 0 Å². The van der Waals surface area contributed by atoms with E-state index >= 15 is 0 Å². The Morgan fingerprint density at radius 2 is 2.00 bits per heavy atom. The second-order valence-corrected chi connectivity index (χ2v) is 3.96. The third-order valence-electron chi connectivity index (χ3n) is 2.60. The molecule has 0 fully saturated rings. The van der Waals surface area contributed by atoms with Crippen LogP contribution >= 0.6 is 0 Å². The van der Waals surface area contributed by atoms with Crippen LogP contribution in [0.2, 0.25) is 0 Å². The highest BCUT2D eigenvalue weighted by atomic mass is 19.4. The van der Waals surface area contributed by atoms with Gasteiger partial charge in [-0.05, 0) is 11.6 Å². The minimum absolute atomic E-state index is 0.494. The summed E-state index contributed by atoms with van der Waals surface area (Å²) in [5.74, 6) is 0. The predicted molar refractivity (Wildman–Crippen MR) is 61.2 cm³/mol. The van der Waals surface area contributed by atoms with Gasteiger partial charge in [0.15, 0.2) is 0 Å². The Balaban J connectivity index is 2.14. The number of hydrogen-bond acceptors (Lipinski definition) is 1. The van der Waals surface area contributed by atoms with Crippen molar-refractivity contribution < 1.29 is 13.2 Å². The molecule has 0 atom stereocenters. The van der Waals surface area contributed by atoms with Gasteiger partial charge in [0.25, 0.3) is 0 Å². The number of aliphatic imine (C=N–C) groups is 1. The minimum atomic E-state index is -4.27. The molecule has 1 aromatic rings. The molecule has 1 aliphatic rings. The highest BCUT2D eigenvalue weighted by molar-refractivity contribution is 5.88. The van der Waals surface area contributed by atoms with Crippen molar-refractivity contribution in [2.75, 3.05) is 6.54 Å². The van der Waals surface area contributed by atoms with Crippen LogP contribution in [0.5, 0.6) is 0 Å². The molecule has 17 heavy (non-hydrogen) atoms. The SMILES string of the molecule is FC(F)(F)c1cccc(CC2=NCC=CC2)c1. The van der Waals surface area contributed by atoms with E-state index in [1.54, 1.807) is 6.07 Å². The lowest BCUT2D eigenvalue weighted by atomic mass is 10.0. The smallest absolute Gasteiger partial charge is 0.289 e. The van der Waals surface area contributed by atoms with E-state index in [0.717, 1.165) is 18.2 Å². The van der Waals surface area contributed by atoms with Gasteiger partial charge in [-0.2, -0.15) is 13.2 Å². The van der Waals surface area contributed by atoms with Gasteiger partial charge in [-0.1, -0.05) is 30.4 Å². The molecule has 0 saturated carbocycles. The molecule has 0 aromatic heterocycles. The van der Waals surface area contributed by atoms with E-state index in [0.29, 0.717) is 18.5 Å². The van der Waals surface area contributed by atoms with Crippen LogP contribution in [0, 0.1) is 0 Å². The summed E-state index contributed by atoms with van der Waals surface area (Å²) in [4.78, 5) is 4.27. The fourth-order valence-corrected chi connectivity index (χ4v) is 1.76.